The maximum Gasteiger partial charge on any atom is 0.411 e. The monoisotopic (exact) mass is 2090 g/mol. The van der Waals surface area contributed by atoms with E-state index in [2.05, 4.69) is 98.8 Å². The number of carbonyl (C=O) groups is 6. The molecule has 0 atom stereocenters. The van der Waals surface area contributed by atoms with Gasteiger partial charge in [-0.15, -0.1) is 0 Å². The van der Waals surface area contributed by atoms with Crippen molar-refractivity contribution in [3.8, 4) is 34.5 Å². The number of halogens is 10. The molecule has 0 aliphatic rings. The number of para-hydroxylation sites is 1. The Kier molecular flexibility index (Phi) is 43.4. The summed E-state index contributed by atoms with van der Waals surface area (Å²) in [4.78, 5) is 68.2. The Morgan fingerprint density at radius 3 is 0.861 bits per heavy atom. The van der Waals surface area contributed by atoms with Crippen LogP contribution in [0.5, 0.6) is 34.5 Å². The van der Waals surface area contributed by atoms with Crippen LogP contribution in [-0.2, 0) is 68.1 Å². The van der Waals surface area contributed by atoms with Crippen LogP contribution < -0.4 is 60.3 Å². The molecule has 0 spiro atoms. The second-order valence-corrected chi connectivity index (χ2v) is 32.9. The standard InChI is InChI=1S/C18H20FNO3.C17H17BrFNO3.C17H17ClFNO3.C17H17F2NO3.C17H17FINO3.C17H18FNO3/c1-11-6-5-7-16(20-18(21)22-4)14(11)10-23-17-9-13(3)12(2)8-15(17)19;3*1-10-7-14(19)16(8-11(10)2)23-9-12-13(18)5-4-6-15(12)20-17(21)22-3;1-10-7-13(18)16(8-11(10)2)23-9-12-14(19)5-4-6-15(12)20-17(21)22-3;1-11-8-14(18)16(9-12(11)2)22-10-13-6-4-5-7-15(13)19-17(20)21-3/h5-9H,10H2,1-4H3,(H,20,21);4*4-8H,9H2,1-3H3,(H,20,21);4-9H,10H2,1-3H3,(H,19,20). The highest BCUT2D eigenvalue weighted by molar-refractivity contribution is 14.1. The summed E-state index contributed by atoms with van der Waals surface area (Å²) in [7, 11) is 7.64. The highest BCUT2D eigenvalue weighted by atomic mass is 127. The number of anilines is 6. The molecule has 12 rings (SSSR count). The van der Waals surface area contributed by atoms with Crippen molar-refractivity contribution in [2.45, 2.75) is 130 Å². The van der Waals surface area contributed by atoms with E-state index in [1.165, 1.54) is 97.3 Å². The second kappa shape index (κ2) is 54.0. The number of benzene rings is 12. The average Bonchev–Trinajstić information content (AvgIpc) is 0.837. The molecule has 0 saturated heterocycles. The lowest BCUT2D eigenvalue weighted by atomic mass is 10.1. The van der Waals surface area contributed by atoms with E-state index < -0.39 is 77.3 Å². The number of ether oxygens (including phenoxy) is 12. The van der Waals surface area contributed by atoms with E-state index in [-0.39, 0.29) is 85.4 Å². The van der Waals surface area contributed by atoms with Gasteiger partial charge in [0.05, 0.1) is 76.8 Å². The summed E-state index contributed by atoms with van der Waals surface area (Å²) in [6.45, 7) is 24.5. The molecule has 137 heavy (non-hydrogen) atoms. The molecule has 0 saturated carbocycles. The number of hydrogen-bond donors (Lipinski definition) is 6. The van der Waals surface area contributed by atoms with Crippen LogP contribution in [0.4, 0.5) is 93.6 Å². The van der Waals surface area contributed by atoms with Crippen LogP contribution in [0.3, 0.4) is 0 Å². The highest BCUT2D eigenvalue weighted by Crippen LogP contribution is 2.36. The lowest BCUT2D eigenvalue weighted by Gasteiger charge is -2.15. The molecule has 726 valence electrons. The molecule has 0 aromatic heterocycles. The van der Waals surface area contributed by atoms with E-state index in [9.17, 15) is 59.5 Å². The Labute approximate surface area is 818 Å². The minimum absolute atomic E-state index is 0.0123. The van der Waals surface area contributed by atoms with E-state index >= 15 is 0 Å². The Morgan fingerprint density at radius 2 is 0.504 bits per heavy atom. The minimum Gasteiger partial charge on any atom is -0.486 e. The van der Waals surface area contributed by atoms with Gasteiger partial charge in [-0.25, -0.2) is 59.5 Å². The van der Waals surface area contributed by atoms with Crippen LogP contribution in [0, 0.1) is 134 Å². The Balaban J connectivity index is 0.000000224. The number of carbonyl (C=O) groups excluding carboxylic acids is 6. The van der Waals surface area contributed by atoms with Gasteiger partial charge in [0.1, 0.15) is 45.5 Å². The molecule has 6 amide bonds. The van der Waals surface area contributed by atoms with E-state index in [0.29, 0.717) is 44.6 Å². The molecule has 0 aliphatic carbocycles. The number of hydrogen-bond acceptors (Lipinski definition) is 18. The molecule has 24 nitrogen and oxygen atoms in total. The second-order valence-electron chi connectivity index (χ2n) is 30.5. The summed E-state index contributed by atoms with van der Waals surface area (Å²) in [6, 6.07) is 51.0. The zero-order valence-electron chi connectivity index (χ0n) is 78.8. The highest BCUT2D eigenvalue weighted by Gasteiger charge is 2.22. The fourth-order valence-corrected chi connectivity index (χ4v) is 13.5. The first-order valence-corrected chi connectivity index (χ1v) is 44.1. The van der Waals surface area contributed by atoms with Gasteiger partial charge in [0.25, 0.3) is 0 Å². The normalized spacial score (nSPS) is 10.3. The van der Waals surface area contributed by atoms with Crippen LogP contribution in [0.1, 0.15) is 106 Å². The molecule has 12 aromatic rings. The lowest BCUT2D eigenvalue weighted by Crippen LogP contribution is -2.14. The van der Waals surface area contributed by atoms with Crippen LogP contribution >= 0.6 is 50.1 Å². The molecule has 0 radical (unpaired) electrons. The van der Waals surface area contributed by atoms with E-state index in [1.54, 1.807) is 104 Å². The van der Waals surface area contributed by atoms with Crippen molar-refractivity contribution < 1.29 is 116 Å². The fourth-order valence-electron chi connectivity index (χ4n) is 12.1. The predicted octanol–water partition coefficient (Wildman–Crippen LogP) is 27.7. The maximum absolute atomic E-state index is 14.0. The Bertz CT molecular complexity index is 5550. The first-order chi connectivity index (χ1) is 65.1. The quantitative estimate of drug-likeness (QED) is 0.0186. The van der Waals surface area contributed by atoms with Crippen molar-refractivity contribution in [1.29, 1.82) is 0 Å². The SMILES string of the molecule is COC(=O)Nc1cccc(Br)c1COc1cc(C)c(C)cc1F.COC(=O)Nc1cccc(C)c1COc1cc(C)c(C)cc1F.COC(=O)Nc1cccc(Cl)c1COc1cc(C)c(C)cc1F.COC(=O)Nc1cccc(F)c1COc1cc(C)c(C)cc1F.COC(=O)Nc1cccc(I)c1COc1cc(C)c(C)cc1F.COC(=O)Nc1ccccc1COc1cc(C)c(C)cc1F. The number of rotatable bonds is 24. The minimum atomic E-state index is -0.728. The maximum atomic E-state index is 14.0. The van der Waals surface area contributed by atoms with Crippen molar-refractivity contribution in [2.75, 3.05) is 74.6 Å². The van der Waals surface area contributed by atoms with Crippen molar-refractivity contribution in [3.05, 3.63) is 348 Å². The summed E-state index contributed by atoms with van der Waals surface area (Å²) in [6.07, 6.45) is -3.62. The van der Waals surface area contributed by atoms with Gasteiger partial charge in [-0.05, 0) is 318 Å². The molecule has 12 aromatic carbocycles. The van der Waals surface area contributed by atoms with Gasteiger partial charge in [0.2, 0.25) is 0 Å². The largest absolute Gasteiger partial charge is 0.486 e. The molecular weight excluding hydrogens is 1980 g/mol. The molecular formula is C103H106BrClF7IN6O18. The van der Waals surface area contributed by atoms with Gasteiger partial charge in [0.15, 0.2) is 69.4 Å². The van der Waals surface area contributed by atoms with E-state index in [1.807, 2.05) is 119 Å². The summed E-state index contributed by atoms with van der Waals surface area (Å²) >= 11 is 11.7. The molecule has 0 bridgehead atoms. The zero-order chi connectivity index (χ0) is 101. The lowest BCUT2D eigenvalue weighted by molar-refractivity contribution is 0.186. The number of methoxy groups -OCH3 is 6. The topological polar surface area (TPSA) is 285 Å². The molecule has 6 N–H and O–H groups in total. The van der Waals surface area contributed by atoms with Crippen molar-refractivity contribution in [1.82, 2.24) is 0 Å². The first kappa shape index (κ1) is 110. The number of aryl methyl sites for hydroxylation is 13. The van der Waals surface area contributed by atoms with Gasteiger partial charge in [0, 0.05) is 46.4 Å². The Morgan fingerprint density at radius 1 is 0.263 bits per heavy atom. The van der Waals surface area contributed by atoms with Crippen LogP contribution in [0.25, 0.3) is 0 Å². The van der Waals surface area contributed by atoms with Crippen LogP contribution in [0.2, 0.25) is 5.02 Å². The third kappa shape index (κ3) is 33.5. The Hall–Kier alpha value is -13.9. The fraction of sp³-hybridized carbons (Fsp3) is 0.243. The molecule has 34 heteroatoms. The van der Waals surface area contributed by atoms with E-state index in [0.717, 1.165) is 97.1 Å². The van der Waals surface area contributed by atoms with Gasteiger partial charge < -0.3 is 56.8 Å². The van der Waals surface area contributed by atoms with Crippen molar-refractivity contribution in [2.24, 2.45) is 0 Å². The molecule has 0 aliphatic heterocycles. The van der Waals surface area contributed by atoms with Crippen molar-refractivity contribution in [3.63, 3.8) is 0 Å². The molecule has 0 unspecified atom stereocenters. The first-order valence-electron chi connectivity index (χ1n) is 41.8. The predicted molar refractivity (Wildman–Crippen MR) is 526 cm³/mol. The average molecular weight is 2090 g/mol. The smallest absolute Gasteiger partial charge is 0.411 e. The third-order valence-corrected chi connectivity index (χ3v) is 23.1. The molecule has 0 fully saturated rings. The van der Waals surface area contributed by atoms with Gasteiger partial charge in [-0.1, -0.05) is 82.1 Å². The summed E-state index contributed by atoms with van der Waals surface area (Å²) in [5.41, 5.74) is 18.2. The molecule has 0 heterocycles. The zero-order valence-corrected chi connectivity index (χ0v) is 83.3. The van der Waals surface area contributed by atoms with Crippen LogP contribution in [-0.4, -0.2) is 79.2 Å². The number of amides is 6. The summed E-state index contributed by atoms with van der Waals surface area (Å²) < 4.78 is 160. The third-order valence-electron chi connectivity index (χ3n) is 21.0. The van der Waals surface area contributed by atoms with Crippen molar-refractivity contribution >= 4 is 121 Å². The van der Waals surface area contributed by atoms with E-state index in [4.69, 9.17) is 40.0 Å². The van der Waals surface area contributed by atoms with Crippen LogP contribution in [0.15, 0.2) is 193 Å². The van der Waals surface area contributed by atoms with Gasteiger partial charge in [-0.3, -0.25) is 31.9 Å². The van der Waals surface area contributed by atoms with Gasteiger partial charge >= 0.3 is 36.6 Å². The van der Waals surface area contributed by atoms with Gasteiger partial charge in [-0.2, -0.15) is 0 Å². The summed E-state index contributed by atoms with van der Waals surface area (Å²) in [5.74, 6) is -2.23. The summed E-state index contributed by atoms with van der Waals surface area (Å²) in [5, 5.41) is 15.8. The number of nitrogens with one attached hydrogen (secondary N) is 6.